The van der Waals surface area contributed by atoms with Crippen molar-refractivity contribution in [3.8, 4) is 0 Å². The quantitative estimate of drug-likeness (QED) is 0.595. The van der Waals surface area contributed by atoms with Gasteiger partial charge in [0.25, 0.3) is 0 Å². The standard InChI is InChI=1S/C16H20N2O3S/c1-4-21-16(20)12-7-5-9-18(15(12)17(2)3)11-13(19)14-8-6-10-22-14/h5-6,8-10H,4,7,11H2,1-3H3. The molecule has 0 spiro atoms. The van der Waals surface area contributed by atoms with Gasteiger partial charge in [-0.3, -0.25) is 4.79 Å². The summed E-state index contributed by atoms with van der Waals surface area (Å²) in [6.07, 6.45) is 4.24. The van der Waals surface area contributed by atoms with E-state index in [1.54, 1.807) is 11.8 Å². The number of hydrogen-bond acceptors (Lipinski definition) is 6. The molecule has 0 unspecified atom stereocenters. The second-order valence-electron chi connectivity index (χ2n) is 5.03. The fourth-order valence-electron chi connectivity index (χ4n) is 2.35. The van der Waals surface area contributed by atoms with Gasteiger partial charge >= 0.3 is 5.97 Å². The molecule has 5 nitrogen and oxygen atoms in total. The highest BCUT2D eigenvalue weighted by Gasteiger charge is 2.26. The van der Waals surface area contributed by atoms with Crippen LogP contribution in [0.2, 0.25) is 0 Å². The van der Waals surface area contributed by atoms with Crippen molar-refractivity contribution in [1.82, 2.24) is 9.80 Å². The van der Waals surface area contributed by atoms with Gasteiger partial charge in [0.15, 0.2) is 5.78 Å². The maximum Gasteiger partial charge on any atom is 0.338 e. The highest BCUT2D eigenvalue weighted by Crippen LogP contribution is 2.24. The predicted octanol–water partition coefficient (Wildman–Crippen LogP) is 2.49. The molecule has 0 bridgehead atoms. The lowest BCUT2D eigenvalue weighted by molar-refractivity contribution is -0.138. The van der Waals surface area contributed by atoms with Crippen LogP contribution < -0.4 is 0 Å². The summed E-state index contributed by atoms with van der Waals surface area (Å²) < 4.78 is 5.12. The van der Waals surface area contributed by atoms with E-state index in [0.717, 1.165) is 4.88 Å². The molecular weight excluding hydrogens is 300 g/mol. The van der Waals surface area contributed by atoms with Crippen molar-refractivity contribution in [1.29, 1.82) is 0 Å². The number of ketones is 1. The normalized spacial score (nSPS) is 14.2. The van der Waals surface area contributed by atoms with Gasteiger partial charge in [0, 0.05) is 26.7 Å². The molecule has 6 heteroatoms. The first-order valence-corrected chi connectivity index (χ1v) is 8.00. The first-order chi connectivity index (χ1) is 10.5. The van der Waals surface area contributed by atoms with Crippen molar-refractivity contribution < 1.29 is 14.3 Å². The molecule has 1 aromatic heterocycles. The molecule has 118 valence electrons. The highest BCUT2D eigenvalue weighted by molar-refractivity contribution is 7.12. The van der Waals surface area contributed by atoms with Gasteiger partial charge in [0.2, 0.25) is 0 Å². The Bertz CT molecular complexity index is 603. The first-order valence-electron chi connectivity index (χ1n) is 7.12. The summed E-state index contributed by atoms with van der Waals surface area (Å²) in [4.78, 5) is 28.8. The third-order valence-electron chi connectivity index (χ3n) is 3.20. The summed E-state index contributed by atoms with van der Waals surface area (Å²) in [5.74, 6) is 0.416. The molecule has 1 aromatic rings. The van der Waals surface area contributed by atoms with E-state index < -0.39 is 0 Å². The van der Waals surface area contributed by atoms with Crippen molar-refractivity contribution in [2.75, 3.05) is 27.2 Å². The topological polar surface area (TPSA) is 49.9 Å². The van der Waals surface area contributed by atoms with Gasteiger partial charge in [-0.15, -0.1) is 11.3 Å². The van der Waals surface area contributed by atoms with Crippen molar-refractivity contribution in [2.45, 2.75) is 13.3 Å². The number of nitrogens with zero attached hydrogens (tertiary/aromatic N) is 2. The molecule has 2 rings (SSSR count). The summed E-state index contributed by atoms with van der Waals surface area (Å²) in [5.41, 5.74) is 0.577. The maximum absolute atomic E-state index is 12.3. The van der Waals surface area contributed by atoms with E-state index in [4.69, 9.17) is 4.74 Å². The Hall–Kier alpha value is -2.08. The van der Waals surface area contributed by atoms with Gasteiger partial charge in [-0.2, -0.15) is 0 Å². The van der Waals surface area contributed by atoms with Gasteiger partial charge in [-0.25, -0.2) is 4.79 Å². The van der Waals surface area contributed by atoms with E-state index in [-0.39, 0.29) is 18.3 Å². The second-order valence-corrected chi connectivity index (χ2v) is 5.98. The average Bonchev–Trinajstić information content (AvgIpc) is 3.01. The van der Waals surface area contributed by atoms with Gasteiger partial charge < -0.3 is 14.5 Å². The molecule has 1 aliphatic rings. The molecule has 0 aromatic carbocycles. The Labute approximate surface area is 134 Å². The minimum atomic E-state index is -0.330. The van der Waals surface area contributed by atoms with Gasteiger partial charge in [0.1, 0.15) is 5.82 Å². The zero-order valence-electron chi connectivity index (χ0n) is 13.0. The number of thiophene rings is 1. The molecule has 2 heterocycles. The molecule has 1 aliphatic heterocycles. The van der Waals surface area contributed by atoms with E-state index in [1.165, 1.54) is 11.3 Å². The van der Waals surface area contributed by atoms with Crippen LogP contribution in [-0.4, -0.2) is 48.8 Å². The molecule has 0 fully saturated rings. The minimum absolute atomic E-state index is 0.0316. The summed E-state index contributed by atoms with van der Waals surface area (Å²) >= 11 is 1.42. The van der Waals surface area contributed by atoms with Crippen molar-refractivity contribution >= 4 is 23.1 Å². The monoisotopic (exact) mass is 320 g/mol. The molecule has 0 radical (unpaired) electrons. The third-order valence-corrected chi connectivity index (χ3v) is 4.12. The number of carbonyl (C=O) groups excluding carboxylic acids is 2. The summed E-state index contributed by atoms with van der Waals surface area (Å²) in [7, 11) is 3.71. The zero-order valence-corrected chi connectivity index (χ0v) is 13.9. The smallest absolute Gasteiger partial charge is 0.338 e. The number of hydrogen-bond donors (Lipinski definition) is 0. The number of allylic oxidation sites excluding steroid dienone is 1. The molecule has 0 amide bonds. The van der Waals surface area contributed by atoms with Crippen LogP contribution >= 0.6 is 11.3 Å². The first kappa shape index (κ1) is 16.3. The Balaban J connectivity index is 2.25. The van der Waals surface area contributed by atoms with Crippen LogP contribution in [0.3, 0.4) is 0 Å². The Morgan fingerprint density at radius 3 is 2.77 bits per heavy atom. The maximum atomic E-state index is 12.3. The number of esters is 1. The fraction of sp³-hybridized carbons (Fsp3) is 0.375. The van der Waals surface area contributed by atoms with Crippen LogP contribution in [0.5, 0.6) is 0 Å². The molecular formula is C16H20N2O3S. The average molecular weight is 320 g/mol. The van der Waals surface area contributed by atoms with Crippen LogP contribution in [0, 0.1) is 0 Å². The lowest BCUT2D eigenvalue weighted by atomic mass is 10.1. The summed E-state index contributed by atoms with van der Waals surface area (Å²) in [5, 5.41) is 1.88. The van der Waals surface area contributed by atoms with Crippen LogP contribution in [0.15, 0.2) is 41.2 Å². The largest absolute Gasteiger partial charge is 0.463 e. The second kappa shape index (κ2) is 7.26. The molecule has 0 atom stereocenters. The Morgan fingerprint density at radius 1 is 1.41 bits per heavy atom. The number of rotatable bonds is 6. The van der Waals surface area contributed by atoms with Gasteiger partial charge in [-0.05, 0) is 18.4 Å². The molecule has 22 heavy (non-hydrogen) atoms. The molecule has 0 saturated carbocycles. The van der Waals surface area contributed by atoms with Gasteiger partial charge in [-0.1, -0.05) is 12.1 Å². The van der Waals surface area contributed by atoms with E-state index in [1.807, 2.05) is 48.8 Å². The third kappa shape index (κ3) is 3.57. The highest BCUT2D eigenvalue weighted by atomic mass is 32.1. The van der Waals surface area contributed by atoms with Crippen molar-refractivity contribution in [2.24, 2.45) is 0 Å². The molecule has 0 aliphatic carbocycles. The lowest BCUT2D eigenvalue weighted by Crippen LogP contribution is -2.35. The summed E-state index contributed by atoms with van der Waals surface area (Å²) in [6.45, 7) is 2.32. The molecule has 0 saturated heterocycles. The lowest BCUT2D eigenvalue weighted by Gasteiger charge is -2.32. The fourth-order valence-corrected chi connectivity index (χ4v) is 3.01. The summed E-state index contributed by atoms with van der Waals surface area (Å²) in [6, 6.07) is 3.67. The Kier molecular flexibility index (Phi) is 5.38. The van der Waals surface area contributed by atoms with E-state index in [0.29, 0.717) is 24.4 Å². The number of Topliss-reactive ketones (excluding diaryl/α,β-unsaturated/α-hetero) is 1. The van der Waals surface area contributed by atoms with Crippen LogP contribution in [0.1, 0.15) is 23.0 Å². The Morgan fingerprint density at radius 2 is 2.18 bits per heavy atom. The van der Waals surface area contributed by atoms with E-state index in [2.05, 4.69) is 0 Å². The molecule has 0 N–H and O–H groups in total. The van der Waals surface area contributed by atoms with Gasteiger partial charge in [0.05, 0.1) is 23.6 Å². The van der Waals surface area contributed by atoms with E-state index >= 15 is 0 Å². The van der Waals surface area contributed by atoms with Crippen molar-refractivity contribution in [3.05, 3.63) is 46.1 Å². The van der Waals surface area contributed by atoms with Crippen LogP contribution in [-0.2, 0) is 9.53 Å². The van der Waals surface area contributed by atoms with Crippen LogP contribution in [0.25, 0.3) is 0 Å². The van der Waals surface area contributed by atoms with E-state index in [9.17, 15) is 9.59 Å². The number of carbonyl (C=O) groups is 2. The SMILES string of the molecule is CCOC(=O)C1=C(N(C)C)N(CC(=O)c2cccs2)C=CC1. The zero-order chi connectivity index (χ0) is 16.1. The van der Waals surface area contributed by atoms with Crippen molar-refractivity contribution in [3.63, 3.8) is 0 Å². The minimum Gasteiger partial charge on any atom is -0.463 e. The number of ether oxygens (including phenoxy) is 1. The van der Waals surface area contributed by atoms with Crippen LogP contribution in [0.4, 0.5) is 0 Å². The predicted molar refractivity (Wildman–Crippen MR) is 86.5 cm³/mol.